The Balaban J connectivity index is 2.02. The van der Waals surface area contributed by atoms with E-state index in [1.165, 1.54) is 0 Å². The molecule has 0 bridgehead atoms. The van der Waals surface area contributed by atoms with E-state index in [1.54, 1.807) is 13.2 Å². The Morgan fingerprint density at radius 2 is 1.95 bits per heavy atom. The number of ether oxygens (including phenoxy) is 2. The third-order valence-corrected chi connectivity index (χ3v) is 2.99. The molecule has 0 fully saturated rings. The van der Waals surface area contributed by atoms with Crippen molar-refractivity contribution in [3.63, 3.8) is 0 Å². The first-order valence-electron chi connectivity index (χ1n) is 6.77. The summed E-state index contributed by atoms with van der Waals surface area (Å²) in [5, 5.41) is 9.29. The zero-order valence-corrected chi connectivity index (χ0v) is 11.7. The first-order chi connectivity index (χ1) is 9.26. The number of hydrogen-bond donors (Lipinski definition) is 1. The van der Waals surface area contributed by atoms with Gasteiger partial charge in [-0.3, -0.25) is 0 Å². The third-order valence-electron chi connectivity index (χ3n) is 2.99. The molecule has 1 rings (SSSR count). The fourth-order valence-corrected chi connectivity index (χ4v) is 1.76. The fourth-order valence-electron chi connectivity index (χ4n) is 1.76. The Bertz CT molecular complexity index is 346. The summed E-state index contributed by atoms with van der Waals surface area (Å²) in [6.07, 6.45) is 5.13. The highest BCUT2D eigenvalue weighted by molar-refractivity contribution is 5.26. The summed E-state index contributed by atoms with van der Waals surface area (Å²) in [6.45, 7) is 4.95. The van der Waals surface area contributed by atoms with Crippen molar-refractivity contribution in [2.45, 2.75) is 38.4 Å². The Kier molecular flexibility index (Phi) is 7.94. The lowest BCUT2D eigenvalue weighted by molar-refractivity contribution is 0.115. The third kappa shape index (κ3) is 6.99. The van der Waals surface area contributed by atoms with E-state index < -0.39 is 0 Å². The highest BCUT2D eigenvalue weighted by Crippen LogP contribution is 2.12. The highest BCUT2D eigenvalue weighted by Gasteiger charge is 1.98. The van der Waals surface area contributed by atoms with Gasteiger partial charge in [-0.2, -0.15) is 0 Å². The second-order valence-corrected chi connectivity index (χ2v) is 4.55. The maximum atomic E-state index is 9.29. The summed E-state index contributed by atoms with van der Waals surface area (Å²) < 4.78 is 10.7. The van der Waals surface area contributed by atoms with Gasteiger partial charge in [0.1, 0.15) is 5.75 Å². The van der Waals surface area contributed by atoms with Gasteiger partial charge in [0.2, 0.25) is 0 Å². The normalized spacial score (nSPS) is 12.1. The van der Waals surface area contributed by atoms with Crippen molar-refractivity contribution in [3.05, 3.63) is 42.5 Å². The molecular weight excluding hydrogens is 240 g/mol. The van der Waals surface area contributed by atoms with Crippen LogP contribution >= 0.6 is 0 Å². The van der Waals surface area contributed by atoms with Crippen LogP contribution in [0.15, 0.2) is 36.9 Å². The van der Waals surface area contributed by atoms with Crippen LogP contribution in [0.25, 0.3) is 0 Å². The fraction of sp³-hybridized carbons (Fsp3) is 0.500. The predicted molar refractivity (Wildman–Crippen MR) is 77.3 cm³/mol. The van der Waals surface area contributed by atoms with Crippen LogP contribution in [-0.2, 0) is 11.3 Å². The van der Waals surface area contributed by atoms with E-state index in [2.05, 4.69) is 6.58 Å². The number of methoxy groups -OCH3 is 1. The molecular formula is C16H24O3. The number of benzene rings is 1. The van der Waals surface area contributed by atoms with Gasteiger partial charge in [-0.25, -0.2) is 0 Å². The Morgan fingerprint density at radius 1 is 1.21 bits per heavy atom. The second kappa shape index (κ2) is 9.59. The molecule has 1 N–H and O–H groups in total. The first-order valence-corrected chi connectivity index (χ1v) is 6.77. The van der Waals surface area contributed by atoms with Crippen LogP contribution in [0.1, 0.15) is 31.2 Å². The smallest absolute Gasteiger partial charge is 0.118 e. The van der Waals surface area contributed by atoms with Crippen LogP contribution in [-0.4, -0.2) is 24.9 Å². The van der Waals surface area contributed by atoms with Crippen molar-refractivity contribution < 1.29 is 14.6 Å². The molecule has 0 saturated carbocycles. The number of unbranched alkanes of at least 4 members (excludes halogenated alkanes) is 2. The highest BCUT2D eigenvalue weighted by atomic mass is 16.5. The number of aliphatic hydroxyl groups is 1. The summed E-state index contributed by atoms with van der Waals surface area (Å²) in [4.78, 5) is 0. The van der Waals surface area contributed by atoms with Gasteiger partial charge in [-0.1, -0.05) is 31.1 Å². The summed E-state index contributed by atoms with van der Waals surface area (Å²) in [6, 6.07) is 7.91. The molecule has 0 aromatic heterocycles. The number of aliphatic hydroxyl groups excluding tert-OH is 1. The molecule has 3 heteroatoms. The Hall–Kier alpha value is -1.32. The summed E-state index contributed by atoms with van der Waals surface area (Å²) in [5.74, 6) is 0.865. The van der Waals surface area contributed by atoms with Crippen molar-refractivity contribution in [3.8, 4) is 5.75 Å². The maximum Gasteiger partial charge on any atom is 0.118 e. The van der Waals surface area contributed by atoms with E-state index in [0.29, 0.717) is 6.61 Å². The lowest BCUT2D eigenvalue weighted by Gasteiger charge is -2.06. The van der Waals surface area contributed by atoms with E-state index in [-0.39, 0.29) is 6.10 Å². The molecule has 1 atom stereocenters. The van der Waals surface area contributed by atoms with E-state index in [0.717, 1.165) is 43.6 Å². The maximum absolute atomic E-state index is 9.29. The lowest BCUT2D eigenvalue weighted by atomic mass is 10.1. The van der Waals surface area contributed by atoms with Gasteiger partial charge in [-0.15, -0.1) is 6.58 Å². The minimum Gasteiger partial charge on any atom is -0.497 e. The van der Waals surface area contributed by atoms with Gasteiger partial charge in [0.15, 0.2) is 0 Å². The van der Waals surface area contributed by atoms with E-state index in [4.69, 9.17) is 9.47 Å². The van der Waals surface area contributed by atoms with Crippen LogP contribution in [0.5, 0.6) is 5.75 Å². The molecule has 0 spiro atoms. The van der Waals surface area contributed by atoms with Crippen molar-refractivity contribution >= 4 is 0 Å². The zero-order chi connectivity index (χ0) is 13.9. The second-order valence-electron chi connectivity index (χ2n) is 4.55. The molecule has 106 valence electrons. The van der Waals surface area contributed by atoms with Crippen molar-refractivity contribution in [2.75, 3.05) is 13.7 Å². The molecule has 1 unspecified atom stereocenters. The number of hydrogen-bond acceptors (Lipinski definition) is 3. The van der Waals surface area contributed by atoms with Gasteiger partial charge in [0, 0.05) is 6.61 Å². The monoisotopic (exact) mass is 264 g/mol. The van der Waals surface area contributed by atoms with Gasteiger partial charge in [0.25, 0.3) is 0 Å². The van der Waals surface area contributed by atoms with Crippen LogP contribution in [0.2, 0.25) is 0 Å². The van der Waals surface area contributed by atoms with Gasteiger partial charge in [-0.05, 0) is 30.5 Å². The molecule has 1 aromatic rings. The van der Waals surface area contributed by atoms with Gasteiger partial charge in [0.05, 0.1) is 19.8 Å². The van der Waals surface area contributed by atoms with Gasteiger partial charge >= 0.3 is 0 Å². The standard InChI is InChI=1S/C16H24O3/c1-3-15(17)7-5-4-6-12-19-13-14-8-10-16(18-2)11-9-14/h3,8-11,15,17H,1,4-7,12-13H2,2H3. The molecule has 1 aromatic carbocycles. The quantitative estimate of drug-likeness (QED) is 0.520. The van der Waals surface area contributed by atoms with Crippen molar-refractivity contribution in [1.82, 2.24) is 0 Å². The van der Waals surface area contributed by atoms with E-state index in [9.17, 15) is 5.11 Å². The summed E-state index contributed by atoms with van der Waals surface area (Å²) >= 11 is 0. The predicted octanol–water partition coefficient (Wildman–Crippen LogP) is 3.32. The SMILES string of the molecule is C=CC(O)CCCCCOCc1ccc(OC)cc1. The minimum atomic E-state index is -0.361. The van der Waals surface area contributed by atoms with Crippen LogP contribution in [0, 0.1) is 0 Å². The largest absolute Gasteiger partial charge is 0.497 e. The molecule has 0 radical (unpaired) electrons. The Morgan fingerprint density at radius 3 is 2.58 bits per heavy atom. The lowest BCUT2D eigenvalue weighted by Crippen LogP contribution is -2.01. The molecule has 0 aliphatic rings. The van der Waals surface area contributed by atoms with Crippen molar-refractivity contribution in [2.24, 2.45) is 0 Å². The first kappa shape index (κ1) is 15.7. The minimum absolute atomic E-state index is 0.361. The Labute approximate surface area is 115 Å². The molecule has 0 heterocycles. The summed E-state index contributed by atoms with van der Waals surface area (Å²) in [5.41, 5.74) is 1.16. The molecule has 0 amide bonds. The van der Waals surface area contributed by atoms with Crippen molar-refractivity contribution in [1.29, 1.82) is 0 Å². The number of rotatable bonds is 10. The molecule has 0 aliphatic heterocycles. The molecule has 19 heavy (non-hydrogen) atoms. The summed E-state index contributed by atoms with van der Waals surface area (Å²) in [7, 11) is 1.66. The molecule has 3 nitrogen and oxygen atoms in total. The average Bonchev–Trinajstić information content (AvgIpc) is 2.46. The zero-order valence-electron chi connectivity index (χ0n) is 11.7. The average molecular weight is 264 g/mol. The molecule has 0 saturated heterocycles. The molecule has 0 aliphatic carbocycles. The van der Waals surface area contributed by atoms with Crippen LogP contribution < -0.4 is 4.74 Å². The van der Waals surface area contributed by atoms with E-state index in [1.807, 2.05) is 24.3 Å². The van der Waals surface area contributed by atoms with Crippen LogP contribution in [0.3, 0.4) is 0 Å². The topological polar surface area (TPSA) is 38.7 Å². The van der Waals surface area contributed by atoms with E-state index >= 15 is 0 Å². The van der Waals surface area contributed by atoms with Gasteiger partial charge < -0.3 is 14.6 Å². The van der Waals surface area contributed by atoms with Crippen LogP contribution in [0.4, 0.5) is 0 Å².